The fourth-order valence-electron chi connectivity index (χ4n) is 8.78. The number of nitrogens with one attached hydrogen (secondary N) is 2. The molecule has 8 nitrogen and oxygen atoms in total. The molecule has 7 aliphatic rings. The number of piperidine rings is 2. The summed E-state index contributed by atoms with van der Waals surface area (Å²) in [6.45, 7) is 9.35. The van der Waals surface area contributed by atoms with Crippen molar-refractivity contribution in [2.75, 3.05) is 18.4 Å². The number of amides is 2. The number of hydrogen-bond acceptors (Lipinski definition) is 6. The van der Waals surface area contributed by atoms with Gasteiger partial charge in [-0.1, -0.05) is 19.9 Å². The predicted molar refractivity (Wildman–Crippen MR) is 123 cm³/mol. The van der Waals surface area contributed by atoms with Gasteiger partial charge in [-0.25, -0.2) is 0 Å². The second-order valence-corrected chi connectivity index (χ2v) is 12.6. The highest BCUT2D eigenvalue weighted by Gasteiger charge is 2.79. The van der Waals surface area contributed by atoms with Crippen LogP contribution in [-0.2, 0) is 15.0 Å². The van der Waals surface area contributed by atoms with Gasteiger partial charge in [0, 0.05) is 13.1 Å². The van der Waals surface area contributed by atoms with Crippen molar-refractivity contribution in [1.82, 2.24) is 10.2 Å². The number of carbonyl (C=O) groups is 3. The minimum Gasteiger partial charge on any atom is -0.487 e. The van der Waals surface area contributed by atoms with Crippen molar-refractivity contribution in [3.63, 3.8) is 0 Å². The zero-order valence-electron chi connectivity index (χ0n) is 20.1. The molecule has 6 aliphatic heterocycles. The van der Waals surface area contributed by atoms with Gasteiger partial charge in [-0.2, -0.15) is 0 Å². The van der Waals surface area contributed by atoms with Crippen molar-refractivity contribution < 1.29 is 24.2 Å². The van der Waals surface area contributed by atoms with Crippen LogP contribution in [0.5, 0.6) is 5.75 Å². The Bertz CT molecular complexity index is 1220. The summed E-state index contributed by atoms with van der Waals surface area (Å²) in [4.78, 5) is 42.7. The topological polar surface area (TPSA) is 108 Å². The van der Waals surface area contributed by atoms with Gasteiger partial charge in [0.25, 0.3) is 0 Å². The van der Waals surface area contributed by atoms with Gasteiger partial charge < -0.3 is 20.5 Å². The molecule has 8 heteroatoms. The molecular weight excluding hydrogens is 434 g/mol. The number of hydrogen-bond donors (Lipinski definition) is 3. The number of fused-ring (bicyclic) bond motifs is 5. The van der Waals surface area contributed by atoms with Crippen LogP contribution in [0.4, 0.5) is 5.69 Å². The Morgan fingerprint density at radius 3 is 2.65 bits per heavy atom. The van der Waals surface area contributed by atoms with Crippen LogP contribution in [0.1, 0.15) is 69.3 Å². The van der Waals surface area contributed by atoms with Crippen LogP contribution in [0.25, 0.3) is 0 Å². The molecule has 3 N–H and O–H groups in total. The monoisotopic (exact) mass is 465 g/mol. The number of Topliss-reactive ketones (excluding diaryl/α,β-unsaturated/α-hetero) is 1. The molecule has 34 heavy (non-hydrogen) atoms. The number of aliphatic hydroxyl groups excluding tert-OH is 1. The smallest absolute Gasteiger partial charge is 0.243 e. The quantitative estimate of drug-likeness (QED) is 0.539. The van der Waals surface area contributed by atoms with Crippen LogP contribution in [0, 0.1) is 11.3 Å². The average Bonchev–Trinajstić information content (AvgIpc) is 3.28. The first kappa shape index (κ1) is 20.9. The van der Waals surface area contributed by atoms with Gasteiger partial charge in [-0.3, -0.25) is 19.3 Å². The second-order valence-electron chi connectivity index (χ2n) is 12.6. The molecule has 5 unspecified atom stereocenters. The van der Waals surface area contributed by atoms with E-state index >= 15 is 0 Å². The van der Waals surface area contributed by atoms with Crippen LogP contribution in [0.2, 0.25) is 0 Å². The van der Waals surface area contributed by atoms with Gasteiger partial charge in [0.2, 0.25) is 11.8 Å². The van der Waals surface area contributed by atoms with Crippen LogP contribution >= 0.6 is 0 Å². The molecule has 2 bridgehead atoms. The van der Waals surface area contributed by atoms with Crippen molar-refractivity contribution in [3.05, 3.63) is 23.3 Å². The van der Waals surface area contributed by atoms with E-state index in [4.69, 9.17) is 4.74 Å². The molecule has 0 aromatic heterocycles. The summed E-state index contributed by atoms with van der Waals surface area (Å²) in [5.74, 6) is 0.283. The highest BCUT2D eigenvalue weighted by Crippen LogP contribution is 2.70. The summed E-state index contributed by atoms with van der Waals surface area (Å²) in [5, 5.41) is 17.3. The lowest BCUT2D eigenvalue weighted by Crippen LogP contribution is -2.80. The molecule has 0 radical (unpaired) electrons. The average molecular weight is 466 g/mol. The maximum Gasteiger partial charge on any atom is 0.243 e. The maximum absolute atomic E-state index is 14.0. The van der Waals surface area contributed by atoms with E-state index in [0.717, 1.165) is 5.56 Å². The van der Waals surface area contributed by atoms with E-state index in [2.05, 4.69) is 29.4 Å². The number of ether oxygens (including phenoxy) is 1. The van der Waals surface area contributed by atoms with Gasteiger partial charge in [-0.15, -0.1) is 0 Å². The summed E-state index contributed by atoms with van der Waals surface area (Å²) in [5.41, 5.74) is -1.57. The lowest BCUT2D eigenvalue weighted by molar-refractivity contribution is -0.165. The molecule has 6 heterocycles. The van der Waals surface area contributed by atoms with Crippen molar-refractivity contribution in [3.8, 4) is 5.75 Å². The minimum atomic E-state index is -0.904. The zero-order chi connectivity index (χ0) is 24.1. The lowest BCUT2D eigenvalue weighted by atomic mass is 9.57. The molecule has 5 atom stereocenters. The molecule has 4 saturated heterocycles. The number of rotatable bonds is 0. The van der Waals surface area contributed by atoms with E-state index in [0.29, 0.717) is 49.4 Å². The molecule has 5 fully saturated rings. The van der Waals surface area contributed by atoms with E-state index in [1.807, 2.05) is 26.0 Å². The third-order valence-electron chi connectivity index (χ3n) is 10.3. The number of nitrogens with zero attached hydrogens (tertiary/aromatic N) is 1. The van der Waals surface area contributed by atoms with E-state index in [-0.39, 0.29) is 29.9 Å². The molecule has 3 spiro atoms. The van der Waals surface area contributed by atoms with Crippen LogP contribution < -0.4 is 15.4 Å². The molecule has 1 aromatic carbocycles. The number of anilines is 1. The molecule has 1 aromatic rings. The standard InChI is InChI=1S/C26H31N3O5/c1-22(2)9-14(30)18-15(34-22)6-5-13-19(18)27-20(32)25(13)11-24-12-29-8-7-17(31)26(29,21(33)28-24)10-16(24)23(25,3)4/h5-6,16-17,31H,7-12H2,1-4H3,(H,27,32)(H,28,33). The zero-order valence-corrected chi connectivity index (χ0v) is 20.1. The van der Waals surface area contributed by atoms with Gasteiger partial charge in [0.15, 0.2) is 5.78 Å². The van der Waals surface area contributed by atoms with Crippen molar-refractivity contribution in [1.29, 1.82) is 0 Å². The molecule has 8 rings (SSSR count). The lowest BCUT2D eigenvalue weighted by Gasteiger charge is -2.60. The van der Waals surface area contributed by atoms with E-state index < -0.39 is 33.6 Å². The van der Waals surface area contributed by atoms with Crippen LogP contribution in [-0.4, -0.2) is 63.5 Å². The van der Waals surface area contributed by atoms with E-state index in [9.17, 15) is 19.5 Å². The normalized spacial score (nSPS) is 42.6. The second kappa shape index (κ2) is 5.68. The first-order valence-electron chi connectivity index (χ1n) is 12.3. The predicted octanol–water partition coefficient (Wildman–Crippen LogP) is 1.74. The molecule has 1 saturated carbocycles. The summed E-state index contributed by atoms with van der Waals surface area (Å²) in [6, 6.07) is 3.78. The highest BCUT2D eigenvalue weighted by atomic mass is 16.5. The van der Waals surface area contributed by atoms with Gasteiger partial charge in [-0.05, 0) is 56.1 Å². The maximum atomic E-state index is 14.0. The van der Waals surface area contributed by atoms with Gasteiger partial charge >= 0.3 is 0 Å². The molecule has 1 aliphatic carbocycles. The number of ketones is 1. The Balaban J connectivity index is 1.41. The number of aliphatic hydroxyl groups is 1. The Morgan fingerprint density at radius 1 is 1.12 bits per heavy atom. The van der Waals surface area contributed by atoms with E-state index in [1.54, 1.807) is 0 Å². The molecule has 2 amide bonds. The number of piperazine rings is 1. The van der Waals surface area contributed by atoms with Crippen molar-refractivity contribution >= 4 is 23.3 Å². The van der Waals surface area contributed by atoms with Crippen LogP contribution in [0.3, 0.4) is 0 Å². The first-order valence-corrected chi connectivity index (χ1v) is 12.3. The van der Waals surface area contributed by atoms with Crippen molar-refractivity contribution in [2.24, 2.45) is 11.3 Å². The third kappa shape index (κ3) is 2.01. The Morgan fingerprint density at radius 2 is 1.88 bits per heavy atom. The Kier molecular flexibility index (Phi) is 3.49. The van der Waals surface area contributed by atoms with E-state index in [1.165, 1.54) is 0 Å². The Hall–Kier alpha value is -2.45. The summed E-state index contributed by atoms with van der Waals surface area (Å²) in [6.07, 6.45) is 1.16. The largest absolute Gasteiger partial charge is 0.487 e. The highest BCUT2D eigenvalue weighted by molar-refractivity contribution is 6.15. The summed E-state index contributed by atoms with van der Waals surface area (Å²) >= 11 is 0. The SMILES string of the molecule is CC1(C)CC(=O)c2c(ccc3c2NC(=O)C32CC34CN5CCC(O)C5(CC3C2(C)C)C(=O)N4)O1. The number of benzene rings is 1. The minimum absolute atomic E-state index is 0.0142. The van der Waals surface area contributed by atoms with Gasteiger partial charge in [0.1, 0.15) is 16.9 Å². The first-order chi connectivity index (χ1) is 15.9. The third-order valence-corrected chi connectivity index (χ3v) is 10.3. The molecular formula is C26H31N3O5. The summed E-state index contributed by atoms with van der Waals surface area (Å²) < 4.78 is 6.11. The van der Waals surface area contributed by atoms with Gasteiger partial charge in [0.05, 0.1) is 34.7 Å². The number of carbonyl (C=O) groups excluding carboxylic acids is 3. The Labute approximate surface area is 198 Å². The van der Waals surface area contributed by atoms with Crippen molar-refractivity contribution in [2.45, 2.75) is 81.6 Å². The van der Waals surface area contributed by atoms with Crippen LogP contribution in [0.15, 0.2) is 12.1 Å². The summed E-state index contributed by atoms with van der Waals surface area (Å²) in [7, 11) is 0. The fourth-order valence-corrected chi connectivity index (χ4v) is 8.78. The fraction of sp³-hybridized carbons (Fsp3) is 0.654. The molecule has 180 valence electrons.